The molecule has 1 heterocycles. The van der Waals surface area contributed by atoms with Crippen LogP contribution in [0.4, 0.5) is 4.79 Å². The van der Waals surface area contributed by atoms with Crippen molar-refractivity contribution >= 4 is 6.03 Å². The summed E-state index contributed by atoms with van der Waals surface area (Å²) in [6.07, 6.45) is 1.63. The van der Waals surface area contributed by atoms with Crippen molar-refractivity contribution in [1.29, 1.82) is 5.41 Å². The van der Waals surface area contributed by atoms with Gasteiger partial charge in [-0.15, -0.1) is 0 Å². The lowest BCUT2D eigenvalue weighted by molar-refractivity contribution is 0.243. The van der Waals surface area contributed by atoms with Gasteiger partial charge < -0.3 is 5.32 Å². The summed E-state index contributed by atoms with van der Waals surface area (Å²) >= 11 is 0. The Morgan fingerprint density at radius 1 is 1.58 bits per heavy atom. The van der Waals surface area contributed by atoms with E-state index < -0.39 is 0 Å². The predicted octanol–water partition coefficient (Wildman–Crippen LogP) is 0.463. The lowest BCUT2D eigenvalue weighted by Gasteiger charge is -2.04. The summed E-state index contributed by atoms with van der Waals surface area (Å²) in [5, 5.41) is 9.86. The minimum absolute atomic E-state index is 0.181. The maximum Gasteiger partial charge on any atom is 0.326 e. The number of carbonyl (C=O) groups excluding carboxylic acids is 1. The zero-order valence-corrected chi connectivity index (χ0v) is 7.09. The Bertz CT molecular complexity index is 354. The van der Waals surface area contributed by atoms with Crippen LogP contribution >= 0.6 is 0 Å². The van der Waals surface area contributed by atoms with E-state index in [1.165, 1.54) is 11.6 Å². The maximum absolute atomic E-state index is 11.1. The van der Waals surface area contributed by atoms with E-state index in [0.717, 1.165) is 5.56 Å². The number of aryl methyl sites for hydroxylation is 1. The second-order valence-electron chi connectivity index (χ2n) is 2.52. The van der Waals surface area contributed by atoms with Crippen LogP contribution in [-0.2, 0) is 0 Å². The van der Waals surface area contributed by atoms with Crippen LogP contribution in [0.5, 0.6) is 0 Å². The van der Waals surface area contributed by atoms with Gasteiger partial charge in [0, 0.05) is 13.2 Å². The average molecular weight is 165 g/mol. The molecule has 0 fully saturated rings. The van der Waals surface area contributed by atoms with Gasteiger partial charge in [-0.2, -0.15) is 0 Å². The molecule has 1 rings (SSSR count). The molecule has 0 aliphatic carbocycles. The summed E-state index contributed by atoms with van der Waals surface area (Å²) in [5.41, 5.74) is 1.13. The van der Waals surface area contributed by atoms with Crippen molar-refractivity contribution in [2.24, 2.45) is 0 Å². The van der Waals surface area contributed by atoms with Gasteiger partial charge in [-0.1, -0.05) is 6.07 Å². The van der Waals surface area contributed by atoms with Crippen molar-refractivity contribution in [1.82, 2.24) is 9.88 Å². The first-order chi connectivity index (χ1) is 5.65. The fraction of sp³-hybridized carbons (Fsp3) is 0.250. The Morgan fingerprint density at radius 3 is 2.83 bits per heavy atom. The van der Waals surface area contributed by atoms with E-state index in [1.54, 1.807) is 18.3 Å². The summed E-state index contributed by atoms with van der Waals surface area (Å²) in [6.45, 7) is 1.87. The van der Waals surface area contributed by atoms with Crippen LogP contribution in [0.2, 0.25) is 0 Å². The standard InChI is InChI=1S/C8H11N3O/c1-6-3-4-7(9)11(5-6)8(12)10-2/h3-5,9H,1-2H3,(H,10,12). The molecule has 0 aromatic carbocycles. The van der Waals surface area contributed by atoms with Crippen LogP contribution in [0.15, 0.2) is 18.3 Å². The third-order valence-corrected chi connectivity index (χ3v) is 1.53. The Morgan fingerprint density at radius 2 is 2.25 bits per heavy atom. The van der Waals surface area contributed by atoms with Crippen molar-refractivity contribution < 1.29 is 4.79 Å². The SMILES string of the molecule is CNC(=O)n1cc(C)ccc1=N. The Kier molecular flexibility index (Phi) is 2.28. The normalized spacial score (nSPS) is 9.50. The maximum atomic E-state index is 11.1. The highest BCUT2D eigenvalue weighted by Crippen LogP contribution is 1.90. The molecule has 0 aliphatic heterocycles. The molecule has 0 bridgehead atoms. The smallest absolute Gasteiger partial charge is 0.326 e. The van der Waals surface area contributed by atoms with Crippen molar-refractivity contribution in [2.75, 3.05) is 7.05 Å². The van der Waals surface area contributed by atoms with Gasteiger partial charge in [-0.25, -0.2) is 4.79 Å². The number of nitrogens with one attached hydrogen (secondary N) is 2. The van der Waals surface area contributed by atoms with E-state index in [4.69, 9.17) is 5.41 Å². The number of hydrogen-bond acceptors (Lipinski definition) is 2. The number of hydrogen-bond donors (Lipinski definition) is 2. The first-order valence-corrected chi connectivity index (χ1v) is 3.61. The molecule has 4 heteroatoms. The monoisotopic (exact) mass is 165 g/mol. The molecule has 0 saturated heterocycles. The van der Waals surface area contributed by atoms with Crippen molar-refractivity contribution in [3.8, 4) is 0 Å². The summed E-state index contributed by atoms with van der Waals surface area (Å²) < 4.78 is 1.26. The number of pyridine rings is 1. The molecule has 1 aromatic heterocycles. The third-order valence-electron chi connectivity index (χ3n) is 1.53. The van der Waals surface area contributed by atoms with Gasteiger partial charge >= 0.3 is 6.03 Å². The Labute approximate surface area is 70.4 Å². The number of rotatable bonds is 0. The summed E-state index contributed by atoms with van der Waals surface area (Å²) in [5.74, 6) is 0. The van der Waals surface area contributed by atoms with Gasteiger partial charge in [-0.3, -0.25) is 9.98 Å². The van der Waals surface area contributed by atoms with E-state index in [9.17, 15) is 4.79 Å². The minimum Gasteiger partial charge on any atom is -0.340 e. The first kappa shape index (κ1) is 8.52. The van der Waals surface area contributed by atoms with E-state index in [-0.39, 0.29) is 11.5 Å². The van der Waals surface area contributed by atoms with Crippen LogP contribution < -0.4 is 10.8 Å². The van der Waals surface area contributed by atoms with Gasteiger partial charge in [-0.05, 0) is 18.6 Å². The Hall–Kier alpha value is -1.58. The molecule has 1 aromatic rings. The quantitative estimate of drug-likeness (QED) is 0.576. The van der Waals surface area contributed by atoms with Gasteiger partial charge in [0.2, 0.25) is 0 Å². The second kappa shape index (κ2) is 3.21. The molecule has 0 aliphatic rings. The van der Waals surface area contributed by atoms with Crippen molar-refractivity contribution in [3.63, 3.8) is 0 Å². The molecule has 2 N–H and O–H groups in total. The second-order valence-corrected chi connectivity index (χ2v) is 2.52. The lowest BCUT2D eigenvalue weighted by Crippen LogP contribution is -2.33. The van der Waals surface area contributed by atoms with Crippen LogP contribution in [0.1, 0.15) is 5.56 Å². The van der Waals surface area contributed by atoms with Crippen LogP contribution in [-0.4, -0.2) is 17.6 Å². The molecule has 4 nitrogen and oxygen atoms in total. The summed E-state index contributed by atoms with van der Waals surface area (Å²) in [7, 11) is 1.54. The lowest BCUT2D eigenvalue weighted by atomic mass is 10.3. The van der Waals surface area contributed by atoms with E-state index >= 15 is 0 Å². The summed E-state index contributed by atoms with van der Waals surface area (Å²) in [4.78, 5) is 11.1. The molecule has 0 radical (unpaired) electrons. The van der Waals surface area contributed by atoms with Crippen molar-refractivity contribution in [3.05, 3.63) is 29.4 Å². The molecular weight excluding hydrogens is 154 g/mol. The Balaban J connectivity index is 3.23. The number of aromatic nitrogens is 1. The highest BCUT2D eigenvalue weighted by Gasteiger charge is 2.00. The highest BCUT2D eigenvalue weighted by atomic mass is 16.2. The molecule has 0 spiro atoms. The molecule has 0 unspecified atom stereocenters. The molecule has 64 valence electrons. The number of carbonyl (C=O) groups is 1. The molecular formula is C8H11N3O. The van der Waals surface area contributed by atoms with Crippen molar-refractivity contribution in [2.45, 2.75) is 6.92 Å². The average Bonchev–Trinajstić information content (AvgIpc) is 2.08. The third kappa shape index (κ3) is 1.53. The number of nitrogens with zero attached hydrogens (tertiary/aromatic N) is 1. The highest BCUT2D eigenvalue weighted by molar-refractivity contribution is 5.76. The number of amides is 1. The fourth-order valence-electron chi connectivity index (χ4n) is 0.895. The van der Waals surface area contributed by atoms with Gasteiger partial charge in [0.1, 0.15) is 5.49 Å². The molecule has 1 amide bonds. The van der Waals surface area contributed by atoms with Crippen LogP contribution in [0.3, 0.4) is 0 Å². The van der Waals surface area contributed by atoms with Gasteiger partial charge in [0.05, 0.1) is 0 Å². The van der Waals surface area contributed by atoms with Crippen LogP contribution in [0.25, 0.3) is 0 Å². The van der Waals surface area contributed by atoms with E-state index in [1.807, 2.05) is 6.92 Å². The van der Waals surface area contributed by atoms with Gasteiger partial charge in [0.15, 0.2) is 0 Å². The minimum atomic E-state index is -0.288. The topological polar surface area (TPSA) is 57.9 Å². The van der Waals surface area contributed by atoms with Crippen LogP contribution in [0, 0.1) is 12.3 Å². The summed E-state index contributed by atoms with van der Waals surface area (Å²) in [6, 6.07) is 3.09. The molecule has 0 saturated carbocycles. The molecule has 0 atom stereocenters. The first-order valence-electron chi connectivity index (χ1n) is 3.61. The predicted molar refractivity (Wildman–Crippen MR) is 44.9 cm³/mol. The molecule has 12 heavy (non-hydrogen) atoms. The van der Waals surface area contributed by atoms with E-state index in [0.29, 0.717) is 0 Å². The zero-order valence-electron chi connectivity index (χ0n) is 7.09. The fourth-order valence-corrected chi connectivity index (χ4v) is 0.895. The van der Waals surface area contributed by atoms with Gasteiger partial charge in [0.25, 0.3) is 0 Å². The van der Waals surface area contributed by atoms with E-state index in [2.05, 4.69) is 5.32 Å². The largest absolute Gasteiger partial charge is 0.340 e. The zero-order chi connectivity index (χ0) is 9.14.